The number of thiophene rings is 1. The molecule has 1 N–H and O–H groups in total. The molecule has 0 aliphatic carbocycles. The summed E-state index contributed by atoms with van der Waals surface area (Å²) in [7, 11) is 0. The van der Waals surface area contributed by atoms with E-state index in [1.54, 1.807) is 32.1 Å². The van der Waals surface area contributed by atoms with Gasteiger partial charge in [0.05, 0.1) is 28.4 Å². The van der Waals surface area contributed by atoms with Crippen LogP contribution in [0.15, 0.2) is 22.7 Å². The van der Waals surface area contributed by atoms with Crippen LogP contribution in [0.1, 0.15) is 46.0 Å². The van der Waals surface area contributed by atoms with Crippen molar-refractivity contribution in [3.8, 4) is 10.7 Å². The highest BCUT2D eigenvalue weighted by atomic mass is 32.2. The van der Waals surface area contributed by atoms with Gasteiger partial charge in [0.2, 0.25) is 0 Å². The Labute approximate surface area is 171 Å². The Balaban J connectivity index is 1.81. The molecule has 3 aromatic rings. The van der Waals surface area contributed by atoms with E-state index in [-0.39, 0.29) is 18.1 Å². The largest absolute Gasteiger partial charge is 0.462 e. The number of H-pyrrole nitrogens is 1. The second kappa shape index (κ2) is 8.74. The highest BCUT2D eigenvalue weighted by Gasteiger charge is 2.26. The summed E-state index contributed by atoms with van der Waals surface area (Å²) >= 11 is 2.92. The number of Topliss-reactive ketones (excluding diaryl/α,β-unsaturated/α-hetero) is 1. The average Bonchev–Trinajstić information content (AvgIpc) is 3.37. The van der Waals surface area contributed by atoms with Crippen LogP contribution in [0.2, 0.25) is 0 Å². The van der Waals surface area contributed by atoms with Gasteiger partial charge in [-0.1, -0.05) is 17.8 Å². The Morgan fingerprint density at radius 3 is 2.61 bits per heavy atom. The van der Waals surface area contributed by atoms with Gasteiger partial charge in [0.15, 0.2) is 16.8 Å². The summed E-state index contributed by atoms with van der Waals surface area (Å²) < 4.78 is 7.10. The number of aryl methyl sites for hydroxylation is 2. The smallest absolute Gasteiger partial charge is 0.340 e. The van der Waals surface area contributed by atoms with Gasteiger partial charge in [-0.2, -0.15) is 0 Å². The minimum atomic E-state index is -0.477. The zero-order chi connectivity index (χ0) is 20.3. The second-order valence-corrected chi connectivity index (χ2v) is 7.98. The van der Waals surface area contributed by atoms with E-state index >= 15 is 0 Å². The highest BCUT2D eigenvalue weighted by Crippen LogP contribution is 2.28. The van der Waals surface area contributed by atoms with Gasteiger partial charge in [-0.25, -0.2) is 4.79 Å². The molecule has 0 saturated carbocycles. The summed E-state index contributed by atoms with van der Waals surface area (Å²) in [6.45, 7) is 8.28. The van der Waals surface area contributed by atoms with Crippen molar-refractivity contribution >= 4 is 34.9 Å². The van der Waals surface area contributed by atoms with Crippen molar-refractivity contribution in [3.05, 3.63) is 40.0 Å². The number of nitrogens with zero attached hydrogens (tertiary/aromatic N) is 3. The molecule has 0 spiro atoms. The normalized spacial score (nSPS) is 11.0. The maximum Gasteiger partial charge on any atom is 0.340 e. The Hall–Kier alpha value is -2.39. The number of carbonyl (C=O) groups is 2. The summed E-state index contributed by atoms with van der Waals surface area (Å²) in [6.07, 6.45) is 0. The summed E-state index contributed by atoms with van der Waals surface area (Å²) in [6, 6.07) is 3.97. The van der Waals surface area contributed by atoms with Crippen LogP contribution in [0.25, 0.3) is 10.7 Å². The summed E-state index contributed by atoms with van der Waals surface area (Å²) in [5, 5.41) is 11.2. The van der Waals surface area contributed by atoms with Crippen LogP contribution in [0, 0.1) is 13.8 Å². The molecule has 148 valence electrons. The third-order valence-electron chi connectivity index (χ3n) is 4.24. The molecule has 0 unspecified atom stereocenters. The molecule has 3 aromatic heterocycles. The number of ketones is 1. The Bertz CT molecular complexity index is 989. The topological polar surface area (TPSA) is 89.9 Å². The lowest BCUT2D eigenvalue weighted by molar-refractivity contribution is 0.0522. The van der Waals surface area contributed by atoms with Gasteiger partial charge in [0, 0.05) is 17.9 Å². The molecule has 0 bridgehead atoms. The quantitative estimate of drug-likeness (QED) is 0.336. The van der Waals surface area contributed by atoms with E-state index in [1.807, 2.05) is 29.0 Å². The highest BCUT2D eigenvalue weighted by molar-refractivity contribution is 7.99. The Kier molecular flexibility index (Phi) is 6.35. The first-order valence-corrected chi connectivity index (χ1v) is 10.8. The molecule has 0 aliphatic rings. The van der Waals surface area contributed by atoms with Gasteiger partial charge >= 0.3 is 5.97 Å². The first-order valence-electron chi connectivity index (χ1n) is 8.97. The maximum absolute atomic E-state index is 12.9. The van der Waals surface area contributed by atoms with Gasteiger partial charge in [-0.15, -0.1) is 21.5 Å². The van der Waals surface area contributed by atoms with Crippen LogP contribution in [0.5, 0.6) is 0 Å². The standard InChI is InChI=1S/C19H22N4O3S2/c1-5-23-17(14-8-7-9-27-14)21-22-19(23)28-10-13(24)15-11(3)20-12(4)16(15)18(25)26-6-2/h7-9,20H,5-6,10H2,1-4H3. The van der Waals surface area contributed by atoms with Crippen LogP contribution in [-0.4, -0.2) is 43.9 Å². The number of carbonyl (C=O) groups excluding carboxylic acids is 2. The van der Waals surface area contributed by atoms with Gasteiger partial charge < -0.3 is 14.3 Å². The second-order valence-electron chi connectivity index (χ2n) is 6.09. The zero-order valence-electron chi connectivity index (χ0n) is 16.2. The molecule has 0 atom stereocenters. The van der Waals surface area contributed by atoms with Gasteiger partial charge in [0.1, 0.15) is 0 Å². The molecule has 3 heterocycles. The minimum Gasteiger partial charge on any atom is -0.462 e. The lowest BCUT2D eigenvalue weighted by atomic mass is 10.1. The lowest BCUT2D eigenvalue weighted by Gasteiger charge is -2.07. The monoisotopic (exact) mass is 418 g/mol. The molecule has 0 fully saturated rings. The van der Waals surface area contributed by atoms with Crippen molar-refractivity contribution in [2.24, 2.45) is 0 Å². The first-order chi connectivity index (χ1) is 13.5. The third-order valence-corrected chi connectivity index (χ3v) is 6.07. The van der Waals surface area contributed by atoms with Crippen LogP contribution in [0.4, 0.5) is 0 Å². The lowest BCUT2D eigenvalue weighted by Crippen LogP contribution is -2.13. The molecule has 0 amide bonds. The van der Waals surface area contributed by atoms with E-state index in [0.717, 1.165) is 10.7 Å². The van der Waals surface area contributed by atoms with Crippen molar-refractivity contribution in [3.63, 3.8) is 0 Å². The van der Waals surface area contributed by atoms with Crippen LogP contribution >= 0.6 is 23.1 Å². The minimum absolute atomic E-state index is 0.141. The van der Waals surface area contributed by atoms with Crippen molar-refractivity contribution in [1.82, 2.24) is 19.7 Å². The molecular formula is C19H22N4O3S2. The molecule has 3 rings (SSSR count). The number of thioether (sulfide) groups is 1. The third kappa shape index (κ3) is 3.90. The zero-order valence-corrected chi connectivity index (χ0v) is 17.9. The predicted octanol–water partition coefficient (Wildman–Crippen LogP) is 4.12. The van der Waals surface area contributed by atoms with Crippen molar-refractivity contribution in [2.75, 3.05) is 12.4 Å². The number of aromatic amines is 1. The van der Waals surface area contributed by atoms with Gasteiger partial charge in [-0.05, 0) is 39.1 Å². The molecule has 0 radical (unpaired) electrons. The van der Waals surface area contributed by atoms with Crippen molar-refractivity contribution < 1.29 is 14.3 Å². The summed E-state index contributed by atoms with van der Waals surface area (Å²) in [4.78, 5) is 29.3. The van der Waals surface area contributed by atoms with Crippen molar-refractivity contribution in [2.45, 2.75) is 39.4 Å². The number of ether oxygens (including phenoxy) is 1. The van der Waals surface area contributed by atoms with Crippen LogP contribution in [-0.2, 0) is 11.3 Å². The molecule has 0 aliphatic heterocycles. The Morgan fingerprint density at radius 1 is 1.21 bits per heavy atom. The molecule has 7 nitrogen and oxygen atoms in total. The molecule has 0 aromatic carbocycles. The first kappa shape index (κ1) is 20.3. The molecule has 9 heteroatoms. The van der Waals surface area contributed by atoms with E-state index < -0.39 is 5.97 Å². The number of hydrogen-bond donors (Lipinski definition) is 1. The van der Waals surface area contributed by atoms with Crippen LogP contribution in [0.3, 0.4) is 0 Å². The van der Waals surface area contributed by atoms with Crippen molar-refractivity contribution in [1.29, 1.82) is 0 Å². The number of esters is 1. The van der Waals surface area contributed by atoms with Gasteiger partial charge in [0.25, 0.3) is 0 Å². The van der Waals surface area contributed by atoms with E-state index in [4.69, 9.17) is 4.74 Å². The van der Waals surface area contributed by atoms with Crippen LogP contribution < -0.4 is 0 Å². The number of nitrogens with one attached hydrogen (secondary N) is 1. The van der Waals surface area contributed by atoms with E-state index in [2.05, 4.69) is 15.2 Å². The van der Waals surface area contributed by atoms with E-state index in [0.29, 0.717) is 34.2 Å². The number of aromatic nitrogens is 4. The summed E-state index contributed by atoms with van der Waals surface area (Å²) in [5.74, 6) is 0.341. The Morgan fingerprint density at radius 2 is 1.96 bits per heavy atom. The maximum atomic E-state index is 12.9. The fraction of sp³-hybridized carbons (Fsp3) is 0.368. The van der Waals surface area contributed by atoms with Gasteiger partial charge in [-0.3, -0.25) is 4.79 Å². The average molecular weight is 419 g/mol. The fourth-order valence-corrected chi connectivity index (χ4v) is 4.65. The number of hydrogen-bond acceptors (Lipinski definition) is 7. The van der Waals surface area contributed by atoms with E-state index in [1.165, 1.54) is 11.8 Å². The SMILES string of the molecule is CCOC(=O)c1c(C)[nH]c(C)c1C(=O)CSc1nnc(-c2cccs2)n1CC. The van der Waals surface area contributed by atoms with E-state index in [9.17, 15) is 9.59 Å². The molecular weight excluding hydrogens is 396 g/mol. The molecule has 0 saturated heterocycles. The number of rotatable bonds is 8. The summed E-state index contributed by atoms with van der Waals surface area (Å²) in [5.41, 5.74) is 2.02. The molecule has 28 heavy (non-hydrogen) atoms. The predicted molar refractivity (Wildman–Crippen MR) is 110 cm³/mol. The fourth-order valence-electron chi connectivity index (χ4n) is 3.06.